The molecule has 1 aliphatic rings. The number of hydrogen-bond donors (Lipinski definition) is 3. The van der Waals surface area contributed by atoms with E-state index in [1.165, 1.54) is 12.7 Å². The Kier molecular flexibility index (Phi) is 8.56. The summed E-state index contributed by atoms with van der Waals surface area (Å²) in [4.78, 5) is 41.9. The Morgan fingerprint density at radius 3 is 2.41 bits per heavy atom. The number of aromatic nitrogens is 1. The van der Waals surface area contributed by atoms with E-state index in [0.29, 0.717) is 11.3 Å². The van der Waals surface area contributed by atoms with Gasteiger partial charge in [-0.1, -0.05) is 0 Å². The summed E-state index contributed by atoms with van der Waals surface area (Å²) in [5, 5.41) is 8.29. The maximum Gasteiger partial charge on any atom is 0.325 e. The van der Waals surface area contributed by atoms with Gasteiger partial charge in [0.2, 0.25) is 0 Å². The van der Waals surface area contributed by atoms with Crippen molar-refractivity contribution in [1.29, 1.82) is 0 Å². The topological polar surface area (TPSA) is 113 Å². The van der Waals surface area contributed by atoms with Crippen LogP contribution in [0.5, 0.6) is 0 Å². The number of carbonyl (C=O) groups excluding carboxylic acids is 3. The Bertz CT molecular complexity index is 896. The van der Waals surface area contributed by atoms with E-state index in [1.807, 2.05) is 24.5 Å². The third-order valence-electron chi connectivity index (χ3n) is 5.41. The molecular weight excluding hydrogens is 410 g/mol. The third kappa shape index (κ3) is 7.35. The summed E-state index contributed by atoms with van der Waals surface area (Å²) in [6.07, 6.45) is 6.44. The molecule has 0 unspecified atom stereocenters. The van der Waals surface area contributed by atoms with Crippen molar-refractivity contribution < 1.29 is 19.1 Å². The number of urea groups is 1. The largest absolute Gasteiger partial charge is 0.468 e. The van der Waals surface area contributed by atoms with Gasteiger partial charge in [0.25, 0.3) is 5.91 Å². The molecule has 1 aliphatic heterocycles. The fourth-order valence-corrected chi connectivity index (χ4v) is 3.52. The number of rotatable bonds is 8. The number of benzene rings is 1. The Hall–Kier alpha value is -3.46. The predicted molar refractivity (Wildman–Crippen MR) is 120 cm³/mol. The molecule has 0 bridgehead atoms. The number of amides is 3. The zero-order valence-electron chi connectivity index (χ0n) is 18.2. The molecule has 3 rings (SSSR count). The van der Waals surface area contributed by atoms with Crippen LogP contribution in [-0.2, 0) is 16.0 Å². The second kappa shape index (κ2) is 11.8. The smallest absolute Gasteiger partial charge is 0.325 e. The lowest BCUT2D eigenvalue weighted by Crippen LogP contribution is -2.46. The Balaban J connectivity index is 1.36. The summed E-state index contributed by atoms with van der Waals surface area (Å²) >= 11 is 0. The number of esters is 1. The molecule has 32 heavy (non-hydrogen) atoms. The Morgan fingerprint density at radius 2 is 1.75 bits per heavy atom. The van der Waals surface area contributed by atoms with Crippen molar-refractivity contribution in [2.75, 3.05) is 38.6 Å². The van der Waals surface area contributed by atoms with Crippen LogP contribution in [0.1, 0.15) is 28.8 Å². The zero-order valence-corrected chi connectivity index (χ0v) is 18.2. The van der Waals surface area contributed by atoms with Crippen LogP contribution in [0.4, 0.5) is 10.5 Å². The fourth-order valence-electron chi connectivity index (χ4n) is 3.52. The third-order valence-corrected chi connectivity index (χ3v) is 5.41. The second-order valence-electron chi connectivity index (χ2n) is 7.66. The maximum atomic E-state index is 12.3. The predicted octanol–water partition coefficient (Wildman–Crippen LogP) is 1.81. The molecule has 9 heteroatoms. The molecule has 3 amide bonds. The highest BCUT2D eigenvalue weighted by atomic mass is 16.5. The standard InChI is InChI=1S/C23H29N5O4/c1-32-21(29)16-25-22(30)18-2-4-19(5-3-18)26-23(31)27-20-9-14-28(15-10-20)13-8-17-6-11-24-12-7-17/h2-7,11-12,20H,8-10,13-16H2,1H3,(H,25,30)(H2,26,27,31). The molecule has 0 aliphatic carbocycles. The monoisotopic (exact) mass is 439 g/mol. The minimum atomic E-state index is -0.520. The minimum absolute atomic E-state index is 0.135. The normalized spacial score (nSPS) is 14.4. The van der Waals surface area contributed by atoms with E-state index in [0.717, 1.165) is 38.9 Å². The van der Waals surface area contributed by atoms with Gasteiger partial charge in [-0.3, -0.25) is 14.6 Å². The molecule has 9 nitrogen and oxygen atoms in total. The molecule has 1 aromatic carbocycles. The van der Waals surface area contributed by atoms with E-state index in [2.05, 4.69) is 30.6 Å². The second-order valence-corrected chi connectivity index (χ2v) is 7.66. The highest BCUT2D eigenvalue weighted by molar-refractivity contribution is 5.97. The number of anilines is 1. The van der Waals surface area contributed by atoms with Crippen LogP contribution in [0.25, 0.3) is 0 Å². The quantitative estimate of drug-likeness (QED) is 0.541. The van der Waals surface area contributed by atoms with E-state index in [9.17, 15) is 14.4 Å². The van der Waals surface area contributed by atoms with Gasteiger partial charge in [-0.15, -0.1) is 0 Å². The summed E-state index contributed by atoms with van der Waals surface area (Å²) in [6, 6.07) is 10.4. The van der Waals surface area contributed by atoms with Gasteiger partial charge in [0.15, 0.2) is 0 Å². The number of ether oxygens (including phenoxy) is 1. The summed E-state index contributed by atoms with van der Waals surface area (Å²) in [5.74, 6) is -0.907. The van der Waals surface area contributed by atoms with Crippen LogP contribution in [0, 0.1) is 0 Å². The summed E-state index contributed by atoms with van der Waals surface area (Å²) in [5.41, 5.74) is 2.26. The minimum Gasteiger partial charge on any atom is -0.468 e. The van der Waals surface area contributed by atoms with Crippen molar-refractivity contribution in [3.63, 3.8) is 0 Å². The Morgan fingerprint density at radius 1 is 1.06 bits per heavy atom. The lowest BCUT2D eigenvalue weighted by Gasteiger charge is -2.32. The van der Waals surface area contributed by atoms with Gasteiger partial charge in [0.05, 0.1) is 7.11 Å². The average Bonchev–Trinajstić information content (AvgIpc) is 2.83. The van der Waals surface area contributed by atoms with E-state index in [4.69, 9.17) is 0 Å². The van der Waals surface area contributed by atoms with Gasteiger partial charge >= 0.3 is 12.0 Å². The van der Waals surface area contributed by atoms with Crippen molar-refractivity contribution in [2.24, 2.45) is 0 Å². The van der Waals surface area contributed by atoms with E-state index < -0.39 is 5.97 Å². The van der Waals surface area contributed by atoms with Crippen LogP contribution in [0.15, 0.2) is 48.8 Å². The fraction of sp³-hybridized carbons (Fsp3) is 0.391. The number of nitrogens with one attached hydrogen (secondary N) is 3. The molecule has 2 aromatic rings. The maximum absolute atomic E-state index is 12.3. The molecule has 0 spiro atoms. The van der Waals surface area contributed by atoms with Crippen molar-refractivity contribution in [3.8, 4) is 0 Å². The summed E-state index contributed by atoms with van der Waals surface area (Å²) in [7, 11) is 1.26. The lowest BCUT2D eigenvalue weighted by molar-refractivity contribution is -0.139. The lowest BCUT2D eigenvalue weighted by atomic mass is 10.0. The average molecular weight is 440 g/mol. The van der Waals surface area contributed by atoms with Gasteiger partial charge in [-0.2, -0.15) is 0 Å². The molecule has 1 saturated heterocycles. The van der Waals surface area contributed by atoms with Gasteiger partial charge in [0, 0.05) is 49.3 Å². The first-order valence-corrected chi connectivity index (χ1v) is 10.7. The SMILES string of the molecule is COC(=O)CNC(=O)c1ccc(NC(=O)NC2CCN(CCc3ccncc3)CC2)cc1. The number of carbonyl (C=O) groups is 3. The molecule has 0 radical (unpaired) electrons. The van der Waals surface area contributed by atoms with Crippen LogP contribution in [0.2, 0.25) is 0 Å². The molecule has 3 N–H and O–H groups in total. The van der Waals surface area contributed by atoms with Gasteiger partial charge in [0.1, 0.15) is 6.54 Å². The molecular formula is C23H29N5O4. The van der Waals surface area contributed by atoms with Crippen molar-refractivity contribution in [2.45, 2.75) is 25.3 Å². The first kappa shape index (κ1) is 23.2. The van der Waals surface area contributed by atoms with Crippen molar-refractivity contribution in [1.82, 2.24) is 20.5 Å². The zero-order chi connectivity index (χ0) is 22.8. The highest BCUT2D eigenvalue weighted by Gasteiger charge is 2.20. The number of nitrogens with zero attached hydrogens (tertiary/aromatic N) is 2. The number of hydrogen-bond acceptors (Lipinski definition) is 6. The van der Waals surface area contributed by atoms with E-state index in [1.54, 1.807) is 24.3 Å². The molecule has 2 heterocycles. The molecule has 170 valence electrons. The van der Waals surface area contributed by atoms with Crippen LogP contribution in [-0.4, -0.2) is 67.1 Å². The number of methoxy groups -OCH3 is 1. The summed E-state index contributed by atoms with van der Waals surface area (Å²) < 4.78 is 4.49. The van der Waals surface area contributed by atoms with Crippen molar-refractivity contribution in [3.05, 3.63) is 59.9 Å². The van der Waals surface area contributed by atoms with E-state index in [-0.39, 0.29) is 24.5 Å². The molecule has 1 aromatic heterocycles. The Labute approximate surface area is 187 Å². The number of pyridine rings is 1. The number of likely N-dealkylation sites (tertiary alicyclic amines) is 1. The first-order valence-electron chi connectivity index (χ1n) is 10.7. The first-order chi connectivity index (χ1) is 15.5. The van der Waals surface area contributed by atoms with Crippen LogP contribution < -0.4 is 16.0 Å². The number of piperidine rings is 1. The summed E-state index contributed by atoms with van der Waals surface area (Å²) in [6.45, 7) is 2.71. The van der Waals surface area contributed by atoms with Gasteiger partial charge in [-0.05, 0) is 61.2 Å². The van der Waals surface area contributed by atoms with Crippen LogP contribution in [0.3, 0.4) is 0 Å². The molecule has 0 atom stereocenters. The van der Waals surface area contributed by atoms with Crippen molar-refractivity contribution >= 4 is 23.6 Å². The van der Waals surface area contributed by atoms with Gasteiger partial charge < -0.3 is 25.6 Å². The van der Waals surface area contributed by atoms with E-state index >= 15 is 0 Å². The van der Waals surface area contributed by atoms with Gasteiger partial charge in [-0.25, -0.2) is 4.79 Å². The van der Waals surface area contributed by atoms with Crippen LogP contribution >= 0.6 is 0 Å². The molecule has 1 fully saturated rings. The molecule has 0 saturated carbocycles. The highest BCUT2D eigenvalue weighted by Crippen LogP contribution is 2.13.